The maximum atomic E-state index is 13.1. The Morgan fingerprint density at radius 2 is 1.94 bits per heavy atom. The predicted molar refractivity (Wildman–Crippen MR) is 132 cm³/mol. The predicted octanol–water partition coefficient (Wildman–Crippen LogP) is 5.27. The van der Waals surface area contributed by atoms with Gasteiger partial charge in [0.2, 0.25) is 0 Å². The smallest absolute Gasteiger partial charge is 0.264 e. The molecule has 1 saturated carbocycles. The number of benzene rings is 2. The summed E-state index contributed by atoms with van der Waals surface area (Å²) in [6, 6.07) is 11.4. The van der Waals surface area contributed by atoms with Gasteiger partial charge in [-0.15, -0.1) is 0 Å². The molecule has 2 amide bonds. The average molecular weight is 467 g/mol. The molecule has 0 radical (unpaired) electrons. The summed E-state index contributed by atoms with van der Waals surface area (Å²) in [6.07, 6.45) is 7.50. The quantitative estimate of drug-likeness (QED) is 0.588. The van der Waals surface area contributed by atoms with Crippen molar-refractivity contribution in [1.29, 1.82) is 0 Å². The summed E-state index contributed by atoms with van der Waals surface area (Å²) in [7, 11) is 3.34. The van der Waals surface area contributed by atoms with Gasteiger partial charge in [-0.2, -0.15) is 0 Å². The van der Waals surface area contributed by atoms with E-state index in [0.717, 1.165) is 29.0 Å². The molecule has 33 heavy (non-hydrogen) atoms. The Hall–Kier alpha value is -2.93. The van der Waals surface area contributed by atoms with Gasteiger partial charge in [0.1, 0.15) is 0 Å². The number of hydrogen-bond acceptors (Lipinski definition) is 5. The summed E-state index contributed by atoms with van der Waals surface area (Å²) in [4.78, 5) is 29.0. The first-order valence-corrected chi connectivity index (χ1v) is 12.2. The number of amides is 2. The molecule has 2 aromatic rings. The monoisotopic (exact) mass is 466 g/mol. The molecule has 174 valence electrons. The van der Waals surface area contributed by atoms with Crippen LogP contribution in [0.1, 0.15) is 54.9 Å². The van der Waals surface area contributed by atoms with Crippen LogP contribution < -0.4 is 19.7 Å². The second-order valence-electron chi connectivity index (χ2n) is 8.31. The first-order valence-electron chi connectivity index (χ1n) is 11.4. The van der Waals surface area contributed by atoms with E-state index in [9.17, 15) is 9.59 Å². The van der Waals surface area contributed by atoms with Crippen molar-refractivity contribution in [2.75, 3.05) is 25.7 Å². The summed E-state index contributed by atoms with van der Waals surface area (Å²) >= 11 is 1.41. The lowest BCUT2D eigenvalue weighted by atomic mass is 9.95. The van der Waals surface area contributed by atoms with Crippen LogP contribution in [0.3, 0.4) is 0 Å². The highest BCUT2D eigenvalue weighted by molar-refractivity contribution is 8.04. The zero-order valence-corrected chi connectivity index (χ0v) is 20.2. The molecule has 0 atom stereocenters. The first kappa shape index (κ1) is 23.2. The number of rotatable bonds is 6. The van der Waals surface area contributed by atoms with Gasteiger partial charge in [0, 0.05) is 23.5 Å². The maximum Gasteiger partial charge on any atom is 0.264 e. The molecule has 1 N–H and O–H groups in total. The maximum absolute atomic E-state index is 13.1. The summed E-state index contributed by atoms with van der Waals surface area (Å²) in [5.74, 6) is 1.12. The van der Waals surface area contributed by atoms with E-state index in [-0.39, 0.29) is 17.9 Å². The molecule has 6 nitrogen and oxygen atoms in total. The first-order chi connectivity index (χ1) is 16.0. The SMILES string of the molecule is CCOc1ccc(C=C2Sc3ccc(C(=O)NC4CCCCC4)cc3N(C)C2=O)cc1OC. The minimum Gasteiger partial charge on any atom is -0.493 e. The Kier molecular flexibility index (Phi) is 7.28. The number of carbonyl (C=O) groups excluding carboxylic acids is 2. The van der Waals surface area contributed by atoms with Gasteiger partial charge in [0.25, 0.3) is 11.8 Å². The number of hydrogen-bond donors (Lipinski definition) is 1. The van der Waals surface area contributed by atoms with E-state index in [0.29, 0.717) is 28.6 Å². The second kappa shape index (κ2) is 10.3. The molecule has 0 spiro atoms. The summed E-state index contributed by atoms with van der Waals surface area (Å²) < 4.78 is 11.0. The highest BCUT2D eigenvalue weighted by Gasteiger charge is 2.28. The molecule has 2 aliphatic rings. The van der Waals surface area contributed by atoms with Crippen LogP contribution in [0.25, 0.3) is 6.08 Å². The molecular weight excluding hydrogens is 436 g/mol. The van der Waals surface area contributed by atoms with Gasteiger partial charge in [0.05, 0.1) is 24.3 Å². The van der Waals surface area contributed by atoms with Crippen molar-refractivity contribution >= 4 is 35.3 Å². The van der Waals surface area contributed by atoms with Gasteiger partial charge in [-0.1, -0.05) is 37.1 Å². The molecule has 1 aliphatic heterocycles. The average Bonchev–Trinajstić information content (AvgIpc) is 2.83. The van der Waals surface area contributed by atoms with E-state index in [2.05, 4.69) is 5.32 Å². The van der Waals surface area contributed by atoms with Crippen molar-refractivity contribution in [2.45, 2.75) is 50.0 Å². The Bertz CT molecular complexity index is 1080. The van der Waals surface area contributed by atoms with Crippen molar-refractivity contribution < 1.29 is 19.1 Å². The Balaban J connectivity index is 1.55. The van der Waals surface area contributed by atoms with Crippen molar-refractivity contribution in [3.8, 4) is 11.5 Å². The number of likely N-dealkylation sites (N-methyl/N-ethyl adjacent to an activating group) is 1. The van der Waals surface area contributed by atoms with Gasteiger partial charge in [-0.25, -0.2) is 0 Å². The van der Waals surface area contributed by atoms with E-state index >= 15 is 0 Å². The van der Waals surface area contributed by atoms with Gasteiger partial charge >= 0.3 is 0 Å². The molecule has 0 saturated heterocycles. The van der Waals surface area contributed by atoms with Crippen LogP contribution in [0.2, 0.25) is 0 Å². The van der Waals surface area contributed by atoms with Crippen molar-refractivity contribution in [2.24, 2.45) is 0 Å². The molecule has 1 fully saturated rings. The zero-order valence-electron chi connectivity index (χ0n) is 19.3. The molecule has 0 unspecified atom stereocenters. The van der Waals surface area contributed by atoms with E-state index in [1.165, 1.54) is 31.0 Å². The van der Waals surface area contributed by atoms with Crippen LogP contribution in [0.4, 0.5) is 5.69 Å². The number of carbonyl (C=O) groups is 2. The molecule has 4 rings (SSSR count). The lowest BCUT2D eigenvalue weighted by molar-refractivity contribution is -0.114. The third kappa shape index (κ3) is 5.19. The third-order valence-electron chi connectivity index (χ3n) is 6.04. The second-order valence-corrected chi connectivity index (χ2v) is 9.39. The fourth-order valence-corrected chi connectivity index (χ4v) is 5.34. The normalized spacial score (nSPS) is 17.6. The van der Waals surface area contributed by atoms with Gasteiger partial charge in [-0.3, -0.25) is 9.59 Å². The van der Waals surface area contributed by atoms with Crippen molar-refractivity contribution in [3.05, 3.63) is 52.4 Å². The number of thioether (sulfide) groups is 1. The van der Waals surface area contributed by atoms with Crippen LogP contribution >= 0.6 is 11.8 Å². The highest BCUT2D eigenvalue weighted by Crippen LogP contribution is 2.42. The highest BCUT2D eigenvalue weighted by atomic mass is 32.2. The molecule has 0 bridgehead atoms. The van der Waals surface area contributed by atoms with E-state index in [4.69, 9.17) is 9.47 Å². The summed E-state index contributed by atoms with van der Waals surface area (Å²) in [5, 5.41) is 3.15. The fourth-order valence-electron chi connectivity index (χ4n) is 4.25. The number of nitrogens with zero attached hydrogens (tertiary/aromatic N) is 1. The van der Waals surface area contributed by atoms with Crippen LogP contribution in [-0.2, 0) is 4.79 Å². The summed E-state index contributed by atoms with van der Waals surface area (Å²) in [5.41, 5.74) is 2.19. The number of fused-ring (bicyclic) bond motifs is 1. The van der Waals surface area contributed by atoms with Gasteiger partial charge in [0.15, 0.2) is 11.5 Å². The topological polar surface area (TPSA) is 67.9 Å². The number of methoxy groups -OCH3 is 1. The summed E-state index contributed by atoms with van der Waals surface area (Å²) in [6.45, 7) is 2.47. The number of anilines is 1. The van der Waals surface area contributed by atoms with Crippen LogP contribution in [0.15, 0.2) is 46.2 Å². The van der Waals surface area contributed by atoms with Gasteiger partial charge < -0.3 is 19.7 Å². The van der Waals surface area contributed by atoms with Crippen molar-refractivity contribution in [1.82, 2.24) is 5.32 Å². The van der Waals surface area contributed by atoms with Crippen LogP contribution in [0.5, 0.6) is 11.5 Å². The molecule has 7 heteroatoms. The Morgan fingerprint density at radius 3 is 2.67 bits per heavy atom. The van der Waals surface area contributed by atoms with Crippen molar-refractivity contribution in [3.63, 3.8) is 0 Å². The minimum absolute atomic E-state index is 0.0710. The number of nitrogens with one attached hydrogen (secondary N) is 1. The zero-order chi connectivity index (χ0) is 23.4. The lowest BCUT2D eigenvalue weighted by Gasteiger charge is -2.28. The molecular formula is C26H30N2O4S. The number of ether oxygens (including phenoxy) is 2. The molecule has 1 aliphatic carbocycles. The fraction of sp³-hybridized carbons (Fsp3) is 0.385. The van der Waals surface area contributed by atoms with Crippen LogP contribution in [0, 0.1) is 0 Å². The third-order valence-corrected chi connectivity index (χ3v) is 7.12. The van der Waals surface area contributed by atoms with E-state index in [1.807, 2.05) is 49.4 Å². The molecule has 1 heterocycles. The van der Waals surface area contributed by atoms with E-state index in [1.54, 1.807) is 19.1 Å². The Morgan fingerprint density at radius 1 is 1.15 bits per heavy atom. The Labute approximate surface area is 199 Å². The largest absolute Gasteiger partial charge is 0.493 e. The van der Waals surface area contributed by atoms with Crippen LogP contribution in [-0.4, -0.2) is 38.6 Å². The van der Waals surface area contributed by atoms with E-state index < -0.39 is 0 Å². The molecule has 0 aromatic heterocycles. The molecule has 2 aromatic carbocycles. The lowest BCUT2D eigenvalue weighted by Crippen LogP contribution is -2.36. The standard InChI is InChI=1S/C26H30N2O4S/c1-4-32-21-12-10-17(14-22(21)31-3)15-24-26(30)28(2)20-16-18(11-13-23(20)33-24)25(29)27-19-8-6-5-7-9-19/h10-16,19H,4-9H2,1-3H3,(H,27,29). The minimum atomic E-state index is -0.106. The van der Waals surface area contributed by atoms with Gasteiger partial charge in [-0.05, 0) is 61.7 Å².